The zero-order valence-electron chi connectivity index (χ0n) is 8.29. The van der Waals surface area contributed by atoms with Crippen molar-refractivity contribution in [1.29, 1.82) is 0 Å². The minimum absolute atomic E-state index is 0.176. The van der Waals surface area contributed by atoms with E-state index in [9.17, 15) is 4.79 Å². The fourth-order valence-corrected chi connectivity index (χ4v) is 1.90. The van der Waals surface area contributed by atoms with E-state index in [1.54, 1.807) is 4.68 Å². The second-order valence-electron chi connectivity index (χ2n) is 3.83. The Balaban J connectivity index is 2.58. The van der Waals surface area contributed by atoms with E-state index in [1.807, 2.05) is 20.9 Å². The van der Waals surface area contributed by atoms with Crippen LogP contribution in [-0.2, 0) is 13.5 Å². The third-order valence-electron chi connectivity index (χ3n) is 2.91. The van der Waals surface area contributed by atoms with Crippen molar-refractivity contribution in [3.63, 3.8) is 0 Å². The highest BCUT2D eigenvalue weighted by atomic mass is 16.1. The summed E-state index contributed by atoms with van der Waals surface area (Å²) >= 11 is 0. The van der Waals surface area contributed by atoms with Crippen molar-refractivity contribution in [3.05, 3.63) is 17.0 Å². The Morgan fingerprint density at radius 2 is 2.23 bits per heavy atom. The number of aryl methyl sites for hydroxylation is 2. The van der Waals surface area contributed by atoms with Gasteiger partial charge in [-0.1, -0.05) is 6.92 Å². The molecule has 3 nitrogen and oxygen atoms in total. The Kier molecular flexibility index (Phi) is 1.75. The Morgan fingerprint density at radius 1 is 1.54 bits per heavy atom. The molecule has 13 heavy (non-hydrogen) atoms. The van der Waals surface area contributed by atoms with Crippen LogP contribution < -0.4 is 0 Å². The first kappa shape index (κ1) is 8.48. The molecule has 0 aromatic carbocycles. The number of carbonyl (C=O) groups is 1. The molecular formula is C10H14N2O. The molecule has 0 fully saturated rings. The highest BCUT2D eigenvalue weighted by molar-refractivity contribution is 6.00. The van der Waals surface area contributed by atoms with Crippen molar-refractivity contribution in [2.75, 3.05) is 0 Å². The van der Waals surface area contributed by atoms with Crippen LogP contribution >= 0.6 is 0 Å². The molecule has 0 aliphatic heterocycles. The van der Waals surface area contributed by atoms with Gasteiger partial charge < -0.3 is 0 Å². The predicted molar refractivity (Wildman–Crippen MR) is 49.8 cm³/mol. The number of Topliss-reactive ketones (excluding diaryl/α,β-unsaturated/α-hetero) is 1. The third kappa shape index (κ3) is 1.10. The van der Waals surface area contributed by atoms with Gasteiger partial charge in [-0.25, -0.2) is 0 Å². The molecule has 3 heteroatoms. The number of ketones is 1. The first-order valence-corrected chi connectivity index (χ1v) is 4.68. The van der Waals surface area contributed by atoms with E-state index in [-0.39, 0.29) is 11.7 Å². The van der Waals surface area contributed by atoms with E-state index in [4.69, 9.17) is 0 Å². The highest BCUT2D eigenvalue weighted by Crippen LogP contribution is 2.26. The molecule has 1 unspecified atom stereocenters. The lowest BCUT2D eigenvalue weighted by molar-refractivity contribution is 0.0913. The molecule has 0 radical (unpaired) electrons. The van der Waals surface area contributed by atoms with Gasteiger partial charge in [-0.2, -0.15) is 5.10 Å². The van der Waals surface area contributed by atoms with Gasteiger partial charge in [0.1, 0.15) is 0 Å². The second-order valence-corrected chi connectivity index (χ2v) is 3.83. The van der Waals surface area contributed by atoms with Crippen LogP contribution in [0.25, 0.3) is 0 Å². The van der Waals surface area contributed by atoms with Crippen molar-refractivity contribution < 1.29 is 4.79 Å². The second kappa shape index (κ2) is 2.69. The van der Waals surface area contributed by atoms with Gasteiger partial charge in [0, 0.05) is 18.7 Å². The summed E-state index contributed by atoms with van der Waals surface area (Å²) in [6.07, 6.45) is 1.90. The number of hydrogen-bond donors (Lipinski definition) is 0. The largest absolute Gasteiger partial charge is 0.294 e. The molecule has 0 saturated heterocycles. The molecule has 0 saturated carbocycles. The van der Waals surface area contributed by atoms with Crippen molar-refractivity contribution in [3.8, 4) is 0 Å². The summed E-state index contributed by atoms with van der Waals surface area (Å²) in [5, 5.41) is 4.33. The minimum atomic E-state index is 0.176. The molecule has 1 heterocycles. The number of carbonyl (C=O) groups excluding carboxylic acids is 1. The number of aromatic nitrogens is 2. The molecule has 0 amide bonds. The van der Waals surface area contributed by atoms with Gasteiger partial charge in [-0.3, -0.25) is 9.48 Å². The van der Waals surface area contributed by atoms with Gasteiger partial charge in [-0.05, 0) is 19.8 Å². The van der Waals surface area contributed by atoms with Gasteiger partial charge in [-0.15, -0.1) is 0 Å². The van der Waals surface area contributed by atoms with Gasteiger partial charge in [0.2, 0.25) is 0 Å². The van der Waals surface area contributed by atoms with Crippen molar-refractivity contribution in [1.82, 2.24) is 9.78 Å². The van der Waals surface area contributed by atoms with Gasteiger partial charge in [0.25, 0.3) is 0 Å². The summed E-state index contributed by atoms with van der Waals surface area (Å²) in [7, 11) is 1.89. The highest BCUT2D eigenvalue weighted by Gasteiger charge is 2.28. The summed E-state index contributed by atoms with van der Waals surface area (Å²) in [4.78, 5) is 11.8. The summed E-state index contributed by atoms with van der Waals surface area (Å²) in [6.45, 7) is 3.96. The Labute approximate surface area is 77.7 Å². The molecular weight excluding hydrogens is 164 g/mol. The zero-order valence-corrected chi connectivity index (χ0v) is 8.29. The molecule has 0 N–H and O–H groups in total. The van der Waals surface area contributed by atoms with E-state index in [0.717, 1.165) is 29.8 Å². The summed E-state index contributed by atoms with van der Waals surface area (Å²) in [5.74, 6) is 0.447. The van der Waals surface area contributed by atoms with Crippen molar-refractivity contribution in [2.24, 2.45) is 13.0 Å². The van der Waals surface area contributed by atoms with Gasteiger partial charge in [0.05, 0.1) is 11.3 Å². The van der Waals surface area contributed by atoms with E-state index < -0.39 is 0 Å². The average molecular weight is 178 g/mol. The van der Waals surface area contributed by atoms with E-state index in [2.05, 4.69) is 5.10 Å². The van der Waals surface area contributed by atoms with Gasteiger partial charge in [0.15, 0.2) is 5.78 Å². The maximum Gasteiger partial charge on any atom is 0.169 e. The molecule has 1 aliphatic rings. The van der Waals surface area contributed by atoms with Crippen LogP contribution in [0.5, 0.6) is 0 Å². The van der Waals surface area contributed by atoms with E-state index in [0.29, 0.717) is 0 Å². The topological polar surface area (TPSA) is 34.9 Å². The van der Waals surface area contributed by atoms with Crippen LogP contribution in [0.15, 0.2) is 0 Å². The molecule has 1 atom stereocenters. The molecule has 70 valence electrons. The standard InChI is InChI=1S/C10H14N2O/c1-6-4-5-8-9(10(6)13)7(2)12(3)11-8/h6H,4-5H2,1-3H3. The molecule has 0 bridgehead atoms. The van der Waals surface area contributed by atoms with Gasteiger partial charge >= 0.3 is 0 Å². The van der Waals surface area contributed by atoms with E-state index >= 15 is 0 Å². The van der Waals surface area contributed by atoms with Crippen molar-refractivity contribution in [2.45, 2.75) is 26.7 Å². The molecule has 2 rings (SSSR count). The first-order valence-electron chi connectivity index (χ1n) is 4.68. The average Bonchev–Trinajstić information content (AvgIpc) is 2.37. The third-order valence-corrected chi connectivity index (χ3v) is 2.91. The normalized spacial score (nSPS) is 21.8. The van der Waals surface area contributed by atoms with Crippen LogP contribution in [0.1, 0.15) is 35.1 Å². The molecule has 1 aliphatic carbocycles. The fourth-order valence-electron chi connectivity index (χ4n) is 1.90. The van der Waals surface area contributed by atoms with Crippen LogP contribution in [0.4, 0.5) is 0 Å². The summed E-state index contributed by atoms with van der Waals surface area (Å²) in [5.41, 5.74) is 2.87. The monoisotopic (exact) mass is 178 g/mol. The number of rotatable bonds is 0. The summed E-state index contributed by atoms with van der Waals surface area (Å²) < 4.78 is 1.81. The fraction of sp³-hybridized carbons (Fsp3) is 0.600. The first-order chi connectivity index (χ1) is 6.11. The predicted octanol–water partition coefficient (Wildman–Crippen LogP) is 1.49. The van der Waals surface area contributed by atoms with E-state index in [1.165, 1.54) is 0 Å². The lowest BCUT2D eigenvalue weighted by atomic mass is 9.87. The molecule has 1 aromatic rings. The van der Waals surface area contributed by atoms with Crippen molar-refractivity contribution >= 4 is 5.78 Å². The Bertz CT molecular complexity index is 365. The SMILES string of the molecule is Cc1c2c(nn1C)CCC(C)C2=O. The minimum Gasteiger partial charge on any atom is -0.294 e. The quantitative estimate of drug-likeness (QED) is 0.603. The molecule has 0 spiro atoms. The lowest BCUT2D eigenvalue weighted by Crippen LogP contribution is -2.19. The number of hydrogen-bond acceptors (Lipinski definition) is 2. The zero-order chi connectivity index (χ0) is 9.59. The number of nitrogens with zero attached hydrogens (tertiary/aromatic N) is 2. The Hall–Kier alpha value is -1.12. The van der Waals surface area contributed by atoms with Crippen LogP contribution in [-0.4, -0.2) is 15.6 Å². The lowest BCUT2D eigenvalue weighted by Gasteiger charge is -2.15. The Morgan fingerprint density at radius 3 is 2.92 bits per heavy atom. The van der Waals surface area contributed by atoms with Crippen LogP contribution in [0.3, 0.4) is 0 Å². The van der Waals surface area contributed by atoms with Crippen LogP contribution in [0, 0.1) is 12.8 Å². The van der Waals surface area contributed by atoms with Crippen LogP contribution in [0.2, 0.25) is 0 Å². The maximum absolute atomic E-state index is 11.8. The molecule has 1 aromatic heterocycles. The summed E-state index contributed by atoms with van der Waals surface area (Å²) in [6, 6.07) is 0. The number of fused-ring (bicyclic) bond motifs is 1. The smallest absolute Gasteiger partial charge is 0.169 e. The maximum atomic E-state index is 11.8.